The van der Waals surface area contributed by atoms with Crippen molar-refractivity contribution in [3.8, 4) is 5.75 Å². The number of furan rings is 1. The van der Waals surface area contributed by atoms with Gasteiger partial charge in [0.25, 0.3) is 0 Å². The second kappa shape index (κ2) is 13.8. The molecule has 10 aromatic rings. The van der Waals surface area contributed by atoms with E-state index in [-0.39, 0.29) is 12.0 Å². The maximum Gasteiger partial charge on any atom is 0.148 e. The van der Waals surface area contributed by atoms with E-state index < -0.39 is 0 Å². The van der Waals surface area contributed by atoms with E-state index in [1.165, 1.54) is 65.3 Å². The first-order valence-electron chi connectivity index (χ1n) is 20.9. The molecule has 0 fully saturated rings. The van der Waals surface area contributed by atoms with Crippen LogP contribution in [0.15, 0.2) is 199 Å². The summed E-state index contributed by atoms with van der Waals surface area (Å²) in [5.41, 5.74) is 10.5. The van der Waals surface area contributed by atoms with Gasteiger partial charge in [0, 0.05) is 33.3 Å². The third-order valence-electron chi connectivity index (χ3n) is 12.9. The topological polar surface area (TPSA) is 25.6 Å². The lowest BCUT2D eigenvalue weighted by molar-refractivity contribution is 0.269. The van der Waals surface area contributed by atoms with Gasteiger partial charge in [-0.3, -0.25) is 0 Å². The molecule has 1 aliphatic carbocycles. The molecule has 3 nitrogen and oxygen atoms in total. The summed E-state index contributed by atoms with van der Waals surface area (Å²) in [5.74, 6) is 1.50. The molecule has 9 aromatic carbocycles. The lowest BCUT2D eigenvalue weighted by Crippen LogP contribution is -2.16. The van der Waals surface area contributed by atoms with Gasteiger partial charge in [-0.25, -0.2) is 0 Å². The van der Waals surface area contributed by atoms with Gasteiger partial charge in [-0.05, 0) is 105 Å². The molecule has 0 spiro atoms. The third kappa shape index (κ3) is 5.56. The van der Waals surface area contributed by atoms with Crippen molar-refractivity contribution in [1.82, 2.24) is 0 Å². The molecule has 2 heterocycles. The van der Waals surface area contributed by atoms with Crippen molar-refractivity contribution in [2.75, 3.05) is 4.90 Å². The summed E-state index contributed by atoms with van der Waals surface area (Å²) >= 11 is 0. The lowest BCUT2D eigenvalue weighted by Gasteiger charge is -2.29. The predicted molar refractivity (Wildman–Crippen MR) is 245 cm³/mol. The van der Waals surface area contributed by atoms with Crippen LogP contribution < -0.4 is 9.64 Å². The molecule has 0 radical (unpaired) electrons. The molecule has 3 heteroatoms. The van der Waals surface area contributed by atoms with Gasteiger partial charge in [-0.2, -0.15) is 0 Å². The summed E-state index contributed by atoms with van der Waals surface area (Å²) < 4.78 is 13.3. The molecule has 1 aromatic heterocycles. The van der Waals surface area contributed by atoms with Crippen LogP contribution in [0.5, 0.6) is 5.75 Å². The van der Waals surface area contributed by atoms with Crippen LogP contribution in [-0.2, 0) is 12.8 Å². The van der Waals surface area contributed by atoms with Crippen LogP contribution in [0.3, 0.4) is 0 Å². The Morgan fingerprint density at radius 1 is 0.525 bits per heavy atom. The molecule has 0 amide bonds. The molecule has 0 bridgehead atoms. The van der Waals surface area contributed by atoms with Crippen molar-refractivity contribution >= 4 is 71.3 Å². The zero-order valence-corrected chi connectivity index (χ0v) is 32.6. The van der Waals surface area contributed by atoms with Gasteiger partial charge in [0.15, 0.2) is 0 Å². The van der Waals surface area contributed by atoms with Crippen molar-refractivity contribution in [3.05, 3.63) is 216 Å². The zero-order chi connectivity index (χ0) is 38.9. The Morgan fingerprint density at radius 3 is 2.12 bits per heavy atom. The predicted octanol–water partition coefficient (Wildman–Crippen LogP) is 14.9. The molecule has 0 saturated carbocycles. The van der Waals surface area contributed by atoms with E-state index in [2.05, 4.69) is 199 Å². The quantitative estimate of drug-likeness (QED) is 0.137. The smallest absolute Gasteiger partial charge is 0.148 e. The maximum atomic E-state index is 6.77. The molecule has 59 heavy (non-hydrogen) atoms. The van der Waals surface area contributed by atoms with Gasteiger partial charge < -0.3 is 14.1 Å². The Kier molecular flexibility index (Phi) is 7.94. The van der Waals surface area contributed by atoms with Crippen LogP contribution >= 0.6 is 0 Å². The zero-order valence-electron chi connectivity index (χ0n) is 32.6. The van der Waals surface area contributed by atoms with E-state index >= 15 is 0 Å². The summed E-state index contributed by atoms with van der Waals surface area (Å²) in [5, 5.41) is 10.1. The number of rotatable bonds is 9. The second-order valence-corrected chi connectivity index (χ2v) is 16.2. The summed E-state index contributed by atoms with van der Waals surface area (Å²) in [6.07, 6.45) is 11.6. The molecule has 282 valence electrons. The SMILES string of the molecule is C1=CC2Oc3c(cccc3N(c3ccccc3)c3ccc4ccc5c(CCC(Cc6cccc7c6oc6ccccc67)c6ccccc6)ccc6ccc3c4c65)C2C=C1. The van der Waals surface area contributed by atoms with Crippen molar-refractivity contribution < 1.29 is 9.15 Å². The number of anilines is 3. The molecule has 1 aliphatic heterocycles. The summed E-state index contributed by atoms with van der Waals surface area (Å²) in [4.78, 5) is 2.41. The van der Waals surface area contributed by atoms with Crippen LogP contribution in [0.25, 0.3) is 54.3 Å². The molecule has 0 saturated heterocycles. The first kappa shape index (κ1) is 34.0. The number of hydrogen-bond donors (Lipinski definition) is 0. The summed E-state index contributed by atoms with van der Waals surface area (Å²) in [7, 11) is 0. The van der Waals surface area contributed by atoms with Gasteiger partial charge >= 0.3 is 0 Å². The minimum absolute atomic E-state index is 0.00834. The highest BCUT2D eigenvalue weighted by Gasteiger charge is 2.35. The van der Waals surface area contributed by atoms with E-state index in [0.29, 0.717) is 5.92 Å². The molecule has 3 unspecified atom stereocenters. The van der Waals surface area contributed by atoms with Gasteiger partial charge in [0.1, 0.15) is 23.0 Å². The third-order valence-corrected chi connectivity index (χ3v) is 12.9. The van der Waals surface area contributed by atoms with Crippen LogP contribution in [0, 0.1) is 0 Å². The first-order chi connectivity index (χ1) is 29.3. The van der Waals surface area contributed by atoms with E-state index in [9.17, 15) is 0 Å². The highest BCUT2D eigenvalue weighted by Crippen LogP contribution is 2.52. The minimum atomic E-state index is 0.00834. The number of para-hydroxylation sites is 4. The van der Waals surface area contributed by atoms with E-state index in [1.807, 2.05) is 0 Å². The molecule has 0 N–H and O–H groups in total. The van der Waals surface area contributed by atoms with E-state index in [4.69, 9.17) is 9.15 Å². The fraction of sp³-hybridized carbons (Fsp3) is 0.107. The number of fused-ring (bicyclic) bond motifs is 6. The van der Waals surface area contributed by atoms with Crippen LogP contribution in [0.1, 0.15) is 40.5 Å². The monoisotopic (exact) mass is 759 g/mol. The number of benzene rings is 9. The Hall–Kier alpha value is -7.10. The number of hydrogen-bond acceptors (Lipinski definition) is 3. The normalized spacial score (nSPS) is 16.3. The fourth-order valence-corrected chi connectivity index (χ4v) is 10.1. The van der Waals surface area contributed by atoms with Gasteiger partial charge in [0.05, 0.1) is 11.4 Å². The maximum absolute atomic E-state index is 6.77. The van der Waals surface area contributed by atoms with Crippen molar-refractivity contribution in [2.24, 2.45) is 0 Å². The van der Waals surface area contributed by atoms with Crippen LogP contribution in [0.2, 0.25) is 0 Å². The summed E-state index contributed by atoms with van der Waals surface area (Å²) in [6, 6.07) is 62.1. The first-order valence-corrected chi connectivity index (χ1v) is 20.9. The summed E-state index contributed by atoms with van der Waals surface area (Å²) in [6.45, 7) is 0. The molecule has 12 rings (SSSR count). The average molecular weight is 760 g/mol. The Bertz CT molecular complexity index is 3250. The minimum Gasteiger partial charge on any atom is -0.483 e. The molecule has 2 aliphatic rings. The molecular weight excluding hydrogens is 719 g/mol. The van der Waals surface area contributed by atoms with Crippen LogP contribution in [0.4, 0.5) is 17.1 Å². The number of aryl methyl sites for hydroxylation is 1. The molecule has 3 atom stereocenters. The fourth-order valence-electron chi connectivity index (χ4n) is 10.1. The Balaban J connectivity index is 0.957. The number of nitrogens with zero attached hydrogens (tertiary/aromatic N) is 1. The van der Waals surface area contributed by atoms with Crippen molar-refractivity contribution in [3.63, 3.8) is 0 Å². The lowest BCUT2D eigenvalue weighted by atomic mass is 9.85. The number of ether oxygens (including phenoxy) is 1. The highest BCUT2D eigenvalue weighted by molar-refractivity contribution is 6.26. The highest BCUT2D eigenvalue weighted by atomic mass is 16.5. The Labute approximate surface area is 343 Å². The van der Waals surface area contributed by atoms with Gasteiger partial charge in [0.2, 0.25) is 0 Å². The largest absolute Gasteiger partial charge is 0.483 e. The second-order valence-electron chi connectivity index (χ2n) is 16.2. The average Bonchev–Trinajstić information content (AvgIpc) is 3.88. The van der Waals surface area contributed by atoms with Gasteiger partial charge in [-0.1, -0.05) is 158 Å². The number of allylic oxidation sites excluding steroid dienone is 2. The van der Waals surface area contributed by atoms with E-state index in [1.54, 1.807) is 0 Å². The van der Waals surface area contributed by atoms with Gasteiger partial charge in [-0.15, -0.1) is 0 Å². The van der Waals surface area contributed by atoms with Crippen LogP contribution in [-0.4, -0.2) is 6.10 Å². The molecular formula is C56H41NO2. The van der Waals surface area contributed by atoms with Crippen molar-refractivity contribution in [2.45, 2.75) is 37.2 Å². The standard InChI is InChI=1S/C56H41NO2/c1-3-13-36(14-4-1)40(35-41-15-11-20-46-44-18-7-9-23-51(44)58-55(41)46)28-26-37-25-27-38-30-33-48-49(34-31-39-29-32-43(37)53(38)54(39)48)57(42-16-5-2-6-17-42)50-22-12-21-47-45-19-8-10-24-52(45)59-56(47)50/h1-25,27,29-34,40,45,52H,26,28,35H2. The van der Waals surface area contributed by atoms with Crippen molar-refractivity contribution in [1.29, 1.82) is 0 Å². The Morgan fingerprint density at radius 2 is 1.24 bits per heavy atom. The van der Waals surface area contributed by atoms with E-state index in [0.717, 1.165) is 53.2 Å².